The Hall–Kier alpha value is -1.02. The molecule has 0 saturated heterocycles. The van der Waals surface area contributed by atoms with Gasteiger partial charge in [-0.2, -0.15) is 0 Å². The Labute approximate surface area is 107 Å². The van der Waals surface area contributed by atoms with Gasteiger partial charge >= 0.3 is 0 Å². The van der Waals surface area contributed by atoms with Gasteiger partial charge in [-0.05, 0) is 24.5 Å². The van der Waals surface area contributed by atoms with E-state index in [2.05, 4.69) is 15.1 Å². The maximum Gasteiger partial charge on any atom is 0.270 e. The van der Waals surface area contributed by atoms with Gasteiger partial charge in [0, 0.05) is 32.9 Å². The molecule has 0 aliphatic heterocycles. The lowest BCUT2D eigenvalue weighted by atomic mass is 10.3. The summed E-state index contributed by atoms with van der Waals surface area (Å²) in [7, 11) is -0.318. The number of aromatic nitrogens is 1. The lowest BCUT2D eigenvalue weighted by Gasteiger charge is -2.12. The third-order valence-electron chi connectivity index (χ3n) is 2.55. The van der Waals surface area contributed by atoms with Gasteiger partial charge in [0.15, 0.2) is 5.03 Å². The Morgan fingerprint density at radius 3 is 2.61 bits per heavy atom. The minimum Gasteiger partial charge on any atom is -0.310 e. The molecule has 0 spiro atoms. The standard InChI is InChI=1S/C11H18N4O2S/c1-15(2)14-18(16,17)11-6-3-9(8-13-11)7-12-10-4-5-10/h3,6,8,10,12,14H,4-5,7H2,1-2H3. The molecule has 1 aliphatic carbocycles. The first-order valence-corrected chi connectivity index (χ1v) is 7.34. The average molecular weight is 270 g/mol. The molecule has 1 aromatic heterocycles. The fourth-order valence-electron chi connectivity index (χ4n) is 1.51. The molecule has 18 heavy (non-hydrogen) atoms. The van der Waals surface area contributed by atoms with Crippen molar-refractivity contribution in [3.63, 3.8) is 0 Å². The van der Waals surface area contributed by atoms with Crippen molar-refractivity contribution in [2.45, 2.75) is 30.5 Å². The fraction of sp³-hybridized carbons (Fsp3) is 0.545. The number of nitrogens with zero attached hydrogens (tertiary/aromatic N) is 2. The Kier molecular flexibility index (Phi) is 3.96. The molecule has 2 N–H and O–H groups in total. The van der Waals surface area contributed by atoms with Crippen LogP contribution in [-0.4, -0.2) is 38.5 Å². The number of pyridine rings is 1. The van der Waals surface area contributed by atoms with Gasteiger partial charge in [0.05, 0.1) is 0 Å². The third-order valence-corrected chi connectivity index (χ3v) is 3.95. The molecule has 0 aromatic carbocycles. The van der Waals surface area contributed by atoms with Crippen LogP contribution >= 0.6 is 0 Å². The first-order chi connectivity index (χ1) is 8.47. The molecule has 7 heteroatoms. The highest BCUT2D eigenvalue weighted by Crippen LogP contribution is 2.19. The van der Waals surface area contributed by atoms with Crippen LogP contribution in [0.2, 0.25) is 0 Å². The SMILES string of the molecule is CN(C)NS(=O)(=O)c1ccc(CNC2CC2)cn1. The van der Waals surface area contributed by atoms with Crippen molar-refractivity contribution >= 4 is 10.0 Å². The highest BCUT2D eigenvalue weighted by Gasteiger charge is 2.20. The first-order valence-electron chi connectivity index (χ1n) is 5.85. The van der Waals surface area contributed by atoms with Crippen molar-refractivity contribution in [3.05, 3.63) is 23.9 Å². The molecule has 2 rings (SSSR count). The molecule has 0 bridgehead atoms. The number of hydrogen-bond acceptors (Lipinski definition) is 5. The summed E-state index contributed by atoms with van der Waals surface area (Å²) < 4.78 is 23.6. The number of nitrogens with one attached hydrogen (secondary N) is 2. The Bertz CT molecular complexity index is 494. The Morgan fingerprint density at radius 2 is 2.11 bits per heavy atom. The Morgan fingerprint density at radius 1 is 1.39 bits per heavy atom. The van der Waals surface area contributed by atoms with Crippen LogP contribution in [0, 0.1) is 0 Å². The van der Waals surface area contributed by atoms with Crippen LogP contribution in [0.15, 0.2) is 23.4 Å². The highest BCUT2D eigenvalue weighted by molar-refractivity contribution is 7.89. The maximum absolute atomic E-state index is 11.8. The molecular weight excluding hydrogens is 252 g/mol. The van der Waals surface area contributed by atoms with E-state index in [-0.39, 0.29) is 5.03 Å². The molecule has 6 nitrogen and oxygen atoms in total. The summed E-state index contributed by atoms with van der Waals surface area (Å²) in [5, 5.41) is 4.76. The molecular formula is C11H18N4O2S. The lowest BCUT2D eigenvalue weighted by Crippen LogP contribution is -2.36. The number of sulfonamides is 1. The quantitative estimate of drug-likeness (QED) is 0.717. The van der Waals surface area contributed by atoms with E-state index in [9.17, 15) is 8.42 Å². The van der Waals surface area contributed by atoms with Crippen LogP contribution in [0.25, 0.3) is 0 Å². The third kappa shape index (κ3) is 3.74. The highest BCUT2D eigenvalue weighted by atomic mass is 32.2. The van der Waals surface area contributed by atoms with E-state index >= 15 is 0 Å². The lowest BCUT2D eigenvalue weighted by molar-refractivity contribution is 0.363. The van der Waals surface area contributed by atoms with Gasteiger partial charge in [-0.1, -0.05) is 6.07 Å². The largest absolute Gasteiger partial charge is 0.310 e. The van der Waals surface area contributed by atoms with E-state index in [1.54, 1.807) is 26.4 Å². The predicted octanol–water partition coefficient (Wildman–Crippen LogP) is 0.0885. The molecule has 1 fully saturated rings. The van der Waals surface area contributed by atoms with E-state index in [0.29, 0.717) is 6.04 Å². The van der Waals surface area contributed by atoms with Gasteiger partial charge < -0.3 is 5.32 Å². The van der Waals surface area contributed by atoms with Crippen molar-refractivity contribution in [2.24, 2.45) is 0 Å². The minimum atomic E-state index is -3.55. The van der Waals surface area contributed by atoms with Crippen LogP contribution in [0.3, 0.4) is 0 Å². The Balaban J connectivity index is 2.01. The van der Waals surface area contributed by atoms with Gasteiger partial charge in [-0.3, -0.25) is 0 Å². The van der Waals surface area contributed by atoms with Gasteiger partial charge in [-0.25, -0.2) is 18.4 Å². The van der Waals surface area contributed by atoms with E-state index < -0.39 is 10.0 Å². The second-order valence-corrected chi connectivity index (χ2v) is 6.26. The topological polar surface area (TPSA) is 74.3 Å². The van der Waals surface area contributed by atoms with Gasteiger partial charge in [0.2, 0.25) is 0 Å². The second kappa shape index (κ2) is 5.31. The van der Waals surface area contributed by atoms with Gasteiger partial charge in [0.1, 0.15) is 0 Å². The zero-order valence-electron chi connectivity index (χ0n) is 10.5. The van der Waals surface area contributed by atoms with Crippen LogP contribution < -0.4 is 10.1 Å². The van der Waals surface area contributed by atoms with E-state index in [0.717, 1.165) is 12.1 Å². The van der Waals surface area contributed by atoms with Crippen molar-refractivity contribution in [2.75, 3.05) is 14.1 Å². The summed E-state index contributed by atoms with van der Waals surface area (Å²) >= 11 is 0. The predicted molar refractivity (Wildman–Crippen MR) is 68.1 cm³/mol. The van der Waals surface area contributed by atoms with Gasteiger partial charge in [-0.15, -0.1) is 4.83 Å². The first kappa shape index (κ1) is 13.4. The van der Waals surface area contributed by atoms with Crippen molar-refractivity contribution in [1.82, 2.24) is 20.1 Å². The smallest absolute Gasteiger partial charge is 0.270 e. The zero-order valence-corrected chi connectivity index (χ0v) is 11.4. The summed E-state index contributed by atoms with van der Waals surface area (Å²) in [6.07, 6.45) is 4.05. The molecule has 0 atom stereocenters. The van der Waals surface area contributed by atoms with E-state index in [1.165, 1.54) is 23.9 Å². The fourth-order valence-corrected chi connectivity index (χ4v) is 2.52. The van der Waals surface area contributed by atoms with Crippen LogP contribution in [-0.2, 0) is 16.6 Å². The summed E-state index contributed by atoms with van der Waals surface area (Å²) in [6, 6.07) is 3.94. The van der Waals surface area contributed by atoms with Crippen LogP contribution in [0.5, 0.6) is 0 Å². The van der Waals surface area contributed by atoms with E-state index in [1.807, 2.05) is 0 Å². The molecule has 0 unspecified atom stereocenters. The molecule has 1 aromatic rings. The van der Waals surface area contributed by atoms with Gasteiger partial charge in [0.25, 0.3) is 10.0 Å². The van der Waals surface area contributed by atoms with Crippen molar-refractivity contribution < 1.29 is 8.42 Å². The van der Waals surface area contributed by atoms with Crippen LogP contribution in [0.4, 0.5) is 0 Å². The average Bonchev–Trinajstić information content (AvgIpc) is 3.09. The molecule has 0 amide bonds. The summed E-state index contributed by atoms with van der Waals surface area (Å²) in [4.78, 5) is 6.33. The van der Waals surface area contributed by atoms with Crippen molar-refractivity contribution in [3.8, 4) is 0 Å². The monoisotopic (exact) mass is 270 g/mol. The minimum absolute atomic E-state index is 0.0337. The van der Waals surface area contributed by atoms with E-state index in [4.69, 9.17) is 0 Å². The summed E-state index contributed by atoms with van der Waals surface area (Å²) in [5.74, 6) is 0. The molecule has 1 saturated carbocycles. The second-order valence-electron chi connectivity index (χ2n) is 4.65. The number of hydrazine groups is 1. The summed E-state index contributed by atoms with van der Waals surface area (Å²) in [5.41, 5.74) is 0.991. The summed E-state index contributed by atoms with van der Waals surface area (Å²) in [6.45, 7) is 0.735. The number of rotatable bonds is 6. The molecule has 0 radical (unpaired) electrons. The normalized spacial score (nSPS) is 16.2. The van der Waals surface area contributed by atoms with Crippen LogP contribution in [0.1, 0.15) is 18.4 Å². The molecule has 1 heterocycles. The maximum atomic E-state index is 11.8. The zero-order chi connectivity index (χ0) is 13.2. The van der Waals surface area contributed by atoms with Crippen molar-refractivity contribution in [1.29, 1.82) is 0 Å². The molecule has 1 aliphatic rings. The number of hydrogen-bond donors (Lipinski definition) is 2. The molecule has 100 valence electrons.